The number of epoxide rings is 1. The molecule has 1 aromatic rings. The molecule has 3 aliphatic rings. The quantitative estimate of drug-likeness (QED) is 0.165. The molecule has 0 spiro atoms. The molecular formula is C25H34INO. The molecule has 0 aromatic heterocycles. The van der Waals surface area contributed by atoms with Crippen LogP contribution in [0.5, 0.6) is 0 Å². The van der Waals surface area contributed by atoms with E-state index in [9.17, 15) is 0 Å². The highest BCUT2D eigenvalue weighted by molar-refractivity contribution is 14.1. The van der Waals surface area contributed by atoms with Crippen molar-refractivity contribution in [2.45, 2.75) is 82.1 Å². The molecule has 3 heteroatoms. The van der Waals surface area contributed by atoms with E-state index >= 15 is 0 Å². The van der Waals surface area contributed by atoms with Crippen LogP contribution in [-0.2, 0) is 10.2 Å². The zero-order chi connectivity index (χ0) is 19.6. The van der Waals surface area contributed by atoms with Gasteiger partial charge in [0.1, 0.15) is 0 Å². The first-order valence-corrected chi connectivity index (χ1v) is 12.3. The van der Waals surface area contributed by atoms with E-state index in [2.05, 4.69) is 65.9 Å². The molecule has 1 aliphatic heterocycles. The Hall–Kier alpha value is -0.810. The van der Waals surface area contributed by atoms with Crippen molar-refractivity contribution in [2.24, 2.45) is 5.92 Å². The van der Waals surface area contributed by atoms with Gasteiger partial charge in [-0.05, 0) is 71.0 Å². The van der Waals surface area contributed by atoms with E-state index in [-0.39, 0.29) is 5.41 Å². The average molecular weight is 491 g/mol. The molecular weight excluding hydrogens is 457 g/mol. The summed E-state index contributed by atoms with van der Waals surface area (Å²) in [6, 6.07) is 6.72. The van der Waals surface area contributed by atoms with Crippen LogP contribution in [-0.4, -0.2) is 12.7 Å². The molecule has 0 radical (unpaired) electrons. The third kappa shape index (κ3) is 4.21. The Balaban J connectivity index is 1.63. The number of fused-ring (bicyclic) bond motifs is 3. The van der Waals surface area contributed by atoms with E-state index in [0.717, 1.165) is 12.3 Å². The van der Waals surface area contributed by atoms with Crippen LogP contribution in [0.25, 0.3) is 0 Å². The van der Waals surface area contributed by atoms with Gasteiger partial charge in [-0.15, -0.1) is 0 Å². The third-order valence-corrected chi connectivity index (χ3v) is 7.80. The van der Waals surface area contributed by atoms with Crippen LogP contribution in [0.4, 0.5) is 5.69 Å². The summed E-state index contributed by atoms with van der Waals surface area (Å²) in [5.41, 5.74) is 10.5. The smallest absolute Gasteiger partial charge is 0.0810 e. The largest absolute Gasteiger partial charge is 0.399 e. The van der Waals surface area contributed by atoms with Crippen molar-refractivity contribution < 1.29 is 4.74 Å². The standard InChI is InChI=1S/C25H34INO/c1-2-3-4-6-13-25(14-7-5-8-20-17-28-20)23-15-18(26)9-11-21(23)22-12-10-19(27)16-24(22)25/h9-12,15-16,20-21,23H,2-8,13-14,17,27H2,1H3. The summed E-state index contributed by atoms with van der Waals surface area (Å²) in [5.74, 6) is 1.10. The predicted molar refractivity (Wildman–Crippen MR) is 127 cm³/mol. The molecule has 2 N–H and O–H groups in total. The maximum absolute atomic E-state index is 6.30. The summed E-state index contributed by atoms with van der Waals surface area (Å²) in [6.45, 7) is 3.28. The minimum Gasteiger partial charge on any atom is -0.399 e. The minimum atomic E-state index is 0.245. The second-order valence-electron chi connectivity index (χ2n) is 8.98. The number of rotatable bonds is 10. The fourth-order valence-corrected chi connectivity index (χ4v) is 6.16. The van der Waals surface area contributed by atoms with E-state index in [1.165, 1.54) is 66.9 Å². The van der Waals surface area contributed by atoms with Crippen molar-refractivity contribution in [2.75, 3.05) is 12.3 Å². The minimum absolute atomic E-state index is 0.245. The number of hydrogen-bond acceptors (Lipinski definition) is 2. The summed E-state index contributed by atoms with van der Waals surface area (Å²) in [5, 5.41) is 0. The maximum Gasteiger partial charge on any atom is 0.0810 e. The lowest BCUT2D eigenvalue weighted by Crippen LogP contribution is -2.33. The van der Waals surface area contributed by atoms with Gasteiger partial charge >= 0.3 is 0 Å². The number of hydrogen-bond donors (Lipinski definition) is 1. The van der Waals surface area contributed by atoms with Crippen molar-refractivity contribution in [3.05, 3.63) is 51.1 Å². The number of anilines is 1. The maximum atomic E-state index is 6.30. The molecule has 4 unspecified atom stereocenters. The number of nitrogens with two attached hydrogens (primary N) is 1. The molecule has 152 valence electrons. The summed E-state index contributed by atoms with van der Waals surface area (Å²) in [4.78, 5) is 0. The molecule has 0 amide bonds. The van der Waals surface area contributed by atoms with Crippen molar-refractivity contribution in [1.82, 2.24) is 0 Å². The first-order valence-electron chi connectivity index (χ1n) is 11.2. The molecule has 0 bridgehead atoms. The van der Waals surface area contributed by atoms with E-state index in [1.807, 2.05) is 0 Å². The number of ether oxygens (including phenoxy) is 1. The van der Waals surface area contributed by atoms with Gasteiger partial charge in [0, 0.05) is 20.6 Å². The Labute approximate surface area is 184 Å². The normalized spacial score (nSPS) is 30.1. The highest BCUT2D eigenvalue weighted by Crippen LogP contribution is 2.58. The van der Waals surface area contributed by atoms with Crippen LogP contribution >= 0.6 is 22.6 Å². The van der Waals surface area contributed by atoms with E-state index in [4.69, 9.17) is 10.5 Å². The second-order valence-corrected chi connectivity index (χ2v) is 10.2. The molecule has 1 aromatic carbocycles. The fourth-order valence-electron chi connectivity index (χ4n) is 5.56. The van der Waals surface area contributed by atoms with E-state index in [1.54, 1.807) is 5.56 Å². The molecule has 1 saturated heterocycles. The van der Waals surface area contributed by atoms with Gasteiger partial charge in [-0.2, -0.15) is 0 Å². The van der Waals surface area contributed by atoms with E-state index in [0.29, 0.717) is 17.9 Å². The van der Waals surface area contributed by atoms with Gasteiger partial charge in [0.15, 0.2) is 0 Å². The van der Waals surface area contributed by atoms with Crippen LogP contribution in [0.1, 0.15) is 81.8 Å². The third-order valence-electron chi connectivity index (χ3n) is 7.08. The van der Waals surface area contributed by atoms with Crippen molar-refractivity contribution in [3.63, 3.8) is 0 Å². The van der Waals surface area contributed by atoms with Crippen molar-refractivity contribution in [3.8, 4) is 0 Å². The number of benzene rings is 1. The van der Waals surface area contributed by atoms with Crippen LogP contribution in [0.15, 0.2) is 40.0 Å². The Morgan fingerprint density at radius 3 is 2.68 bits per heavy atom. The average Bonchev–Trinajstić information content (AvgIpc) is 3.48. The number of unbranched alkanes of at least 4 members (excludes halogenated alkanes) is 4. The zero-order valence-electron chi connectivity index (χ0n) is 17.1. The lowest BCUT2D eigenvalue weighted by atomic mass is 9.65. The van der Waals surface area contributed by atoms with Gasteiger partial charge in [0.2, 0.25) is 0 Å². The van der Waals surface area contributed by atoms with Gasteiger partial charge in [-0.1, -0.05) is 69.7 Å². The van der Waals surface area contributed by atoms with Crippen LogP contribution in [0.2, 0.25) is 0 Å². The first kappa shape index (κ1) is 20.5. The Morgan fingerprint density at radius 1 is 1.14 bits per heavy atom. The molecule has 0 saturated carbocycles. The predicted octanol–water partition coefficient (Wildman–Crippen LogP) is 7.04. The van der Waals surface area contributed by atoms with Crippen LogP contribution < -0.4 is 5.73 Å². The SMILES string of the molecule is CCCCCCC1(CCCCC2CO2)c2cc(N)ccc2C2C=CC(I)=CC21. The van der Waals surface area contributed by atoms with Gasteiger partial charge in [-0.25, -0.2) is 0 Å². The molecule has 2 nitrogen and oxygen atoms in total. The highest BCUT2D eigenvalue weighted by atomic mass is 127. The van der Waals surface area contributed by atoms with Crippen molar-refractivity contribution in [1.29, 1.82) is 0 Å². The van der Waals surface area contributed by atoms with Gasteiger partial charge in [0.05, 0.1) is 12.7 Å². The fraction of sp³-hybridized carbons (Fsp3) is 0.600. The van der Waals surface area contributed by atoms with E-state index < -0.39 is 0 Å². The molecule has 2 aliphatic carbocycles. The Morgan fingerprint density at radius 2 is 1.93 bits per heavy atom. The van der Waals surface area contributed by atoms with Gasteiger partial charge in [0.25, 0.3) is 0 Å². The Kier molecular flexibility index (Phi) is 6.51. The molecule has 1 heterocycles. The molecule has 4 atom stereocenters. The molecule has 1 fully saturated rings. The summed E-state index contributed by atoms with van der Waals surface area (Å²) >= 11 is 2.50. The number of halogens is 1. The number of nitrogen functional groups attached to an aromatic ring is 1. The summed E-state index contributed by atoms with van der Waals surface area (Å²) in [7, 11) is 0. The monoisotopic (exact) mass is 491 g/mol. The van der Waals surface area contributed by atoms with Gasteiger partial charge < -0.3 is 10.5 Å². The lowest BCUT2D eigenvalue weighted by molar-refractivity contribution is 0.262. The Bertz CT molecular complexity index is 751. The number of allylic oxidation sites excluding steroid dienone is 4. The molecule has 4 rings (SSSR count). The van der Waals surface area contributed by atoms with Gasteiger partial charge in [-0.3, -0.25) is 0 Å². The second kappa shape index (κ2) is 8.91. The van der Waals surface area contributed by atoms with Crippen LogP contribution in [0, 0.1) is 5.92 Å². The summed E-state index contributed by atoms with van der Waals surface area (Å²) < 4.78 is 6.83. The topological polar surface area (TPSA) is 38.5 Å². The highest BCUT2D eigenvalue weighted by Gasteiger charge is 2.50. The first-order chi connectivity index (χ1) is 13.6. The summed E-state index contributed by atoms with van der Waals surface area (Å²) in [6.07, 6.45) is 19.6. The lowest BCUT2D eigenvalue weighted by Gasteiger charge is -2.38. The van der Waals surface area contributed by atoms with Crippen molar-refractivity contribution >= 4 is 28.3 Å². The molecule has 28 heavy (non-hydrogen) atoms. The zero-order valence-corrected chi connectivity index (χ0v) is 19.3. The van der Waals surface area contributed by atoms with Crippen LogP contribution in [0.3, 0.4) is 0 Å².